The molecule has 2 aromatic rings. The molecule has 2 aromatic carbocycles. The van der Waals surface area contributed by atoms with Crippen LogP contribution in [0.3, 0.4) is 0 Å². The number of anilines is 1. The number of sulfone groups is 1. The number of halogens is 1. The van der Waals surface area contributed by atoms with Crippen molar-refractivity contribution < 1.29 is 18.0 Å². The number of aryl methyl sites for hydroxylation is 2. The standard InChI is InChI=1S/C20H23ClN2O4S/c1-14-4-5-15(2)18(12-14)22-19(24)13-23(3)20(25)10-11-28(26,27)17-8-6-16(21)7-9-17/h4-9,12H,10-11,13H2,1-3H3,(H,22,24). The molecule has 150 valence electrons. The van der Waals surface area contributed by atoms with Crippen LogP contribution in [0.25, 0.3) is 0 Å². The van der Waals surface area contributed by atoms with Crippen molar-refractivity contribution in [2.75, 3.05) is 24.7 Å². The maximum atomic E-state index is 12.3. The lowest BCUT2D eigenvalue weighted by molar-refractivity contribution is -0.132. The minimum atomic E-state index is -3.60. The average molecular weight is 423 g/mol. The summed E-state index contributed by atoms with van der Waals surface area (Å²) in [6, 6.07) is 11.5. The third-order valence-corrected chi connectivity index (χ3v) is 6.22. The van der Waals surface area contributed by atoms with Gasteiger partial charge in [-0.25, -0.2) is 8.42 Å². The van der Waals surface area contributed by atoms with E-state index in [1.807, 2.05) is 32.0 Å². The Morgan fingerprint density at radius 2 is 1.71 bits per heavy atom. The Balaban J connectivity index is 1.90. The first-order chi connectivity index (χ1) is 13.1. The Morgan fingerprint density at radius 3 is 2.36 bits per heavy atom. The molecule has 28 heavy (non-hydrogen) atoms. The molecule has 1 N–H and O–H groups in total. The molecule has 0 spiro atoms. The third kappa shape index (κ3) is 6.07. The molecule has 0 unspecified atom stereocenters. The highest BCUT2D eigenvalue weighted by Crippen LogP contribution is 2.17. The second-order valence-electron chi connectivity index (χ2n) is 6.64. The first kappa shape index (κ1) is 21.9. The highest BCUT2D eigenvalue weighted by atomic mass is 35.5. The molecule has 0 aliphatic rings. The number of nitrogens with zero attached hydrogens (tertiary/aromatic N) is 1. The zero-order valence-corrected chi connectivity index (χ0v) is 17.6. The van der Waals surface area contributed by atoms with Crippen LogP contribution in [0.2, 0.25) is 5.02 Å². The van der Waals surface area contributed by atoms with Gasteiger partial charge < -0.3 is 10.2 Å². The zero-order chi connectivity index (χ0) is 20.9. The van der Waals surface area contributed by atoms with Crippen molar-refractivity contribution in [3.63, 3.8) is 0 Å². The fraction of sp³-hybridized carbons (Fsp3) is 0.300. The summed E-state index contributed by atoms with van der Waals surface area (Å²) in [5.74, 6) is -1.10. The van der Waals surface area contributed by atoms with Gasteiger partial charge in [0.25, 0.3) is 0 Å². The van der Waals surface area contributed by atoms with Crippen molar-refractivity contribution in [1.82, 2.24) is 4.90 Å². The minimum Gasteiger partial charge on any atom is -0.336 e. The molecule has 0 aliphatic carbocycles. The summed E-state index contributed by atoms with van der Waals surface area (Å²) < 4.78 is 24.6. The van der Waals surface area contributed by atoms with Gasteiger partial charge in [0.05, 0.1) is 17.2 Å². The Kier molecular flexibility index (Phi) is 7.21. The van der Waals surface area contributed by atoms with Gasteiger partial charge in [-0.15, -0.1) is 0 Å². The van der Waals surface area contributed by atoms with Crippen molar-refractivity contribution in [1.29, 1.82) is 0 Å². The number of amides is 2. The normalized spacial score (nSPS) is 11.1. The number of carbonyl (C=O) groups is 2. The van der Waals surface area contributed by atoms with Gasteiger partial charge in [-0.1, -0.05) is 23.7 Å². The number of benzene rings is 2. The number of rotatable bonds is 7. The van der Waals surface area contributed by atoms with Crippen LogP contribution in [-0.4, -0.2) is 44.5 Å². The number of likely N-dealkylation sites (N-methyl/N-ethyl adjacent to an activating group) is 1. The first-order valence-electron chi connectivity index (χ1n) is 8.68. The molecule has 0 aromatic heterocycles. The summed E-state index contributed by atoms with van der Waals surface area (Å²) in [5, 5.41) is 3.21. The summed E-state index contributed by atoms with van der Waals surface area (Å²) >= 11 is 5.76. The Labute approximate surface area is 170 Å². The summed E-state index contributed by atoms with van der Waals surface area (Å²) in [6.07, 6.45) is -0.210. The van der Waals surface area contributed by atoms with Gasteiger partial charge in [0, 0.05) is 24.2 Å². The number of hydrogen-bond acceptors (Lipinski definition) is 4. The predicted molar refractivity (Wildman–Crippen MR) is 110 cm³/mol. The van der Waals surface area contributed by atoms with Crippen LogP contribution in [0, 0.1) is 13.8 Å². The molecule has 8 heteroatoms. The molecular weight excluding hydrogens is 400 g/mol. The fourth-order valence-electron chi connectivity index (χ4n) is 2.54. The number of hydrogen-bond donors (Lipinski definition) is 1. The topological polar surface area (TPSA) is 83.6 Å². The summed E-state index contributed by atoms with van der Waals surface area (Å²) in [7, 11) is -2.13. The fourth-order valence-corrected chi connectivity index (χ4v) is 3.89. The zero-order valence-electron chi connectivity index (χ0n) is 16.0. The molecule has 0 saturated heterocycles. The average Bonchev–Trinajstić information content (AvgIpc) is 2.63. The van der Waals surface area contributed by atoms with Gasteiger partial charge >= 0.3 is 0 Å². The largest absolute Gasteiger partial charge is 0.336 e. The van der Waals surface area contributed by atoms with E-state index in [9.17, 15) is 18.0 Å². The molecule has 0 radical (unpaired) electrons. The van der Waals surface area contributed by atoms with Crippen molar-refractivity contribution in [3.8, 4) is 0 Å². The molecule has 0 saturated carbocycles. The second kappa shape index (κ2) is 9.21. The van der Waals surface area contributed by atoms with E-state index in [-0.39, 0.29) is 29.5 Å². The van der Waals surface area contributed by atoms with E-state index in [0.29, 0.717) is 10.7 Å². The Hall–Kier alpha value is -2.38. The Morgan fingerprint density at radius 1 is 1.07 bits per heavy atom. The third-order valence-electron chi connectivity index (χ3n) is 4.23. The van der Waals surface area contributed by atoms with Crippen LogP contribution in [-0.2, 0) is 19.4 Å². The maximum Gasteiger partial charge on any atom is 0.243 e. The van der Waals surface area contributed by atoms with E-state index in [1.54, 1.807) is 0 Å². The lowest BCUT2D eigenvalue weighted by atomic mass is 10.1. The van der Waals surface area contributed by atoms with Crippen molar-refractivity contribution >= 4 is 38.9 Å². The lowest BCUT2D eigenvalue weighted by Gasteiger charge is -2.17. The molecule has 0 fully saturated rings. The minimum absolute atomic E-state index is 0.111. The van der Waals surface area contributed by atoms with Crippen LogP contribution >= 0.6 is 11.6 Å². The van der Waals surface area contributed by atoms with Crippen molar-refractivity contribution in [2.45, 2.75) is 25.2 Å². The van der Waals surface area contributed by atoms with E-state index in [2.05, 4.69) is 5.32 Å². The van der Waals surface area contributed by atoms with Gasteiger partial charge in [0.2, 0.25) is 11.8 Å². The molecule has 2 rings (SSSR count). The summed E-state index contributed by atoms with van der Waals surface area (Å²) in [6.45, 7) is 3.64. The van der Waals surface area contributed by atoms with E-state index < -0.39 is 15.7 Å². The first-order valence-corrected chi connectivity index (χ1v) is 10.7. The number of nitrogens with one attached hydrogen (secondary N) is 1. The van der Waals surface area contributed by atoms with Crippen molar-refractivity contribution in [2.24, 2.45) is 0 Å². The van der Waals surface area contributed by atoms with E-state index in [4.69, 9.17) is 11.6 Å². The summed E-state index contributed by atoms with van der Waals surface area (Å²) in [5.41, 5.74) is 2.62. The summed E-state index contributed by atoms with van der Waals surface area (Å²) in [4.78, 5) is 25.8. The Bertz CT molecular complexity index is 972. The monoisotopic (exact) mass is 422 g/mol. The highest BCUT2D eigenvalue weighted by molar-refractivity contribution is 7.91. The number of carbonyl (C=O) groups excluding carboxylic acids is 2. The molecule has 0 atom stereocenters. The van der Waals surface area contributed by atoms with Crippen LogP contribution in [0.5, 0.6) is 0 Å². The van der Waals surface area contributed by atoms with E-state index in [0.717, 1.165) is 11.1 Å². The molecule has 0 aliphatic heterocycles. The molecule has 0 heterocycles. The van der Waals surface area contributed by atoms with Gasteiger partial charge in [0.1, 0.15) is 0 Å². The predicted octanol–water partition coefficient (Wildman–Crippen LogP) is 3.22. The van der Waals surface area contributed by atoms with Crippen molar-refractivity contribution in [3.05, 3.63) is 58.6 Å². The molecule has 6 nitrogen and oxygen atoms in total. The van der Waals surface area contributed by atoms with E-state index in [1.165, 1.54) is 36.2 Å². The molecular formula is C20H23ClN2O4S. The van der Waals surface area contributed by atoms with Gasteiger partial charge in [0.15, 0.2) is 9.84 Å². The van der Waals surface area contributed by atoms with Crippen LogP contribution in [0.15, 0.2) is 47.4 Å². The van der Waals surface area contributed by atoms with Gasteiger partial charge in [-0.3, -0.25) is 9.59 Å². The van der Waals surface area contributed by atoms with E-state index >= 15 is 0 Å². The quantitative estimate of drug-likeness (QED) is 0.742. The van der Waals surface area contributed by atoms with Gasteiger partial charge in [-0.2, -0.15) is 0 Å². The maximum absolute atomic E-state index is 12.3. The van der Waals surface area contributed by atoms with Crippen LogP contribution < -0.4 is 5.32 Å². The van der Waals surface area contributed by atoms with Crippen LogP contribution in [0.1, 0.15) is 17.5 Å². The SMILES string of the molecule is Cc1ccc(C)c(NC(=O)CN(C)C(=O)CCS(=O)(=O)c2ccc(Cl)cc2)c1. The smallest absolute Gasteiger partial charge is 0.243 e. The molecule has 0 bridgehead atoms. The second-order valence-corrected chi connectivity index (χ2v) is 9.18. The van der Waals surface area contributed by atoms with Crippen LogP contribution in [0.4, 0.5) is 5.69 Å². The molecule has 2 amide bonds. The lowest BCUT2D eigenvalue weighted by Crippen LogP contribution is -2.35. The highest BCUT2D eigenvalue weighted by Gasteiger charge is 2.19. The van der Waals surface area contributed by atoms with Gasteiger partial charge in [-0.05, 0) is 55.3 Å².